The third kappa shape index (κ3) is 6.23. The molecule has 0 bridgehead atoms. The van der Waals surface area contributed by atoms with Crippen LogP contribution in [0.2, 0.25) is 5.15 Å². The molecule has 0 unspecified atom stereocenters. The number of rotatable bonds is 8. The number of nitrogens with one attached hydrogen (secondary N) is 1. The molecule has 0 saturated carbocycles. The van der Waals surface area contributed by atoms with Crippen molar-refractivity contribution >= 4 is 29.6 Å². The van der Waals surface area contributed by atoms with E-state index in [1.807, 2.05) is 0 Å². The fourth-order valence-corrected chi connectivity index (χ4v) is 2.88. The Hall–Kier alpha value is -2.60. The van der Waals surface area contributed by atoms with E-state index in [2.05, 4.69) is 48.5 Å². The molecule has 0 aliphatic heterocycles. The molecule has 150 valence electrons. The van der Waals surface area contributed by atoms with Crippen LogP contribution in [-0.4, -0.2) is 34.8 Å². The Morgan fingerprint density at radius 2 is 1.96 bits per heavy atom. The van der Waals surface area contributed by atoms with Crippen LogP contribution < -0.4 is 5.32 Å². The third-order valence-electron chi connectivity index (χ3n) is 4.31. The van der Waals surface area contributed by atoms with E-state index < -0.39 is 5.97 Å². The quantitative estimate of drug-likeness (QED) is 0.541. The zero-order valence-corrected chi connectivity index (χ0v) is 17.4. The van der Waals surface area contributed by atoms with Crippen molar-refractivity contribution in [2.24, 2.45) is 7.05 Å². The Bertz CT molecular complexity index is 855. The number of nitrogens with zero attached hydrogens (tertiary/aromatic N) is 2. The van der Waals surface area contributed by atoms with E-state index in [-0.39, 0.29) is 12.5 Å². The Labute approximate surface area is 170 Å². The first kappa shape index (κ1) is 21.7. The van der Waals surface area contributed by atoms with Crippen LogP contribution in [0.1, 0.15) is 42.1 Å². The van der Waals surface area contributed by atoms with Crippen LogP contribution in [0.25, 0.3) is 6.08 Å². The molecule has 0 saturated heterocycles. The average molecular weight is 404 g/mol. The second-order valence-corrected chi connectivity index (χ2v) is 7.21. The number of hydrogen-bond acceptors (Lipinski definition) is 4. The molecular formula is C21H26ClN3O3. The minimum atomic E-state index is -0.612. The van der Waals surface area contributed by atoms with E-state index in [1.54, 1.807) is 14.0 Å². The minimum Gasteiger partial charge on any atom is -0.452 e. The summed E-state index contributed by atoms with van der Waals surface area (Å²) >= 11 is 6.09. The van der Waals surface area contributed by atoms with Gasteiger partial charge in [-0.05, 0) is 36.5 Å². The first-order valence-corrected chi connectivity index (χ1v) is 9.55. The number of benzene rings is 1. The number of aryl methyl sites for hydroxylation is 2. The van der Waals surface area contributed by atoms with Crippen molar-refractivity contribution in [3.63, 3.8) is 0 Å². The second kappa shape index (κ2) is 10.1. The van der Waals surface area contributed by atoms with Gasteiger partial charge in [0, 0.05) is 25.2 Å². The zero-order valence-electron chi connectivity index (χ0n) is 16.7. The van der Waals surface area contributed by atoms with Gasteiger partial charge < -0.3 is 10.1 Å². The maximum Gasteiger partial charge on any atom is 0.331 e. The van der Waals surface area contributed by atoms with Crippen molar-refractivity contribution in [1.82, 2.24) is 15.1 Å². The summed E-state index contributed by atoms with van der Waals surface area (Å²) < 4.78 is 6.47. The summed E-state index contributed by atoms with van der Waals surface area (Å²) in [6.07, 6.45) is 3.49. The summed E-state index contributed by atoms with van der Waals surface area (Å²) in [5, 5.41) is 7.33. The highest BCUT2D eigenvalue weighted by atomic mass is 35.5. The molecule has 0 aliphatic rings. The topological polar surface area (TPSA) is 73.2 Å². The van der Waals surface area contributed by atoms with Crippen LogP contribution >= 0.6 is 11.6 Å². The summed E-state index contributed by atoms with van der Waals surface area (Å²) in [7, 11) is 1.72. The molecule has 2 rings (SSSR count). The Kier molecular flexibility index (Phi) is 7.81. The maximum absolute atomic E-state index is 11.8. The first-order chi connectivity index (χ1) is 13.3. The zero-order chi connectivity index (χ0) is 20.7. The molecule has 0 aliphatic carbocycles. The minimum absolute atomic E-state index is 0.324. The average Bonchev–Trinajstić information content (AvgIpc) is 2.90. The highest BCUT2D eigenvalue weighted by Gasteiger charge is 2.09. The number of amides is 1. The fraction of sp³-hybridized carbons (Fsp3) is 0.381. The number of carbonyl (C=O) groups is 2. The number of halogens is 1. The molecule has 2 aromatic rings. The van der Waals surface area contributed by atoms with Gasteiger partial charge in [-0.3, -0.25) is 9.48 Å². The number of esters is 1. The van der Waals surface area contributed by atoms with Crippen LogP contribution in [0.15, 0.2) is 30.3 Å². The van der Waals surface area contributed by atoms with Gasteiger partial charge in [0.1, 0.15) is 5.15 Å². The van der Waals surface area contributed by atoms with Gasteiger partial charge >= 0.3 is 5.97 Å². The van der Waals surface area contributed by atoms with E-state index in [9.17, 15) is 9.59 Å². The molecule has 1 heterocycles. The molecule has 0 radical (unpaired) electrons. The van der Waals surface area contributed by atoms with Crippen molar-refractivity contribution in [3.8, 4) is 0 Å². The molecule has 0 fully saturated rings. The summed E-state index contributed by atoms with van der Waals surface area (Å²) in [6, 6.07) is 8.34. The van der Waals surface area contributed by atoms with Gasteiger partial charge in [0.15, 0.2) is 6.61 Å². The molecular weight excluding hydrogens is 378 g/mol. The van der Waals surface area contributed by atoms with Gasteiger partial charge in [-0.2, -0.15) is 5.10 Å². The van der Waals surface area contributed by atoms with Crippen molar-refractivity contribution in [3.05, 3.63) is 57.9 Å². The lowest BCUT2D eigenvalue weighted by Gasteiger charge is -2.08. The van der Waals surface area contributed by atoms with Crippen LogP contribution in [-0.2, 0) is 27.8 Å². The highest BCUT2D eigenvalue weighted by Crippen LogP contribution is 2.20. The van der Waals surface area contributed by atoms with Gasteiger partial charge in [-0.25, -0.2) is 4.79 Å². The third-order valence-corrected chi connectivity index (χ3v) is 4.76. The number of ether oxygens (including phenoxy) is 1. The van der Waals surface area contributed by atoms with E-state index in [4.69, 9.17) is 16.3 Å². The van der Waals surface area contributed by atoms with Gasteiger partial charge in [-0.1, -0.05) is 49.7 Å². The number of hydrogen-bond donors (Lipinski definition) is 1. The van der Waals surface area contributed by atoms with E-state index in [0.717, 1.165) is 12.0 Å². The van der Waals surface area contributed by atoms with Crippen LogP contribution in [0.4, 0.5) is 0 Å². The SMILES string of the molecule is Cc1nn(C)c(Cl)c1/C=C/C(=O)OCC(=O)NCCc1ccc(C(C)C)cc1. The largest absolute Gasteiger partial charge is 0.452 e. The normalized spacial score (nSPS) is 11.2. The lowest BCUT2D eigenvalue weighted by molar-refractivity contribution is -0.143. The van der Waals surface area contributed by atoms with Gasteiger partial charge in [0.2, 0.25) is 0 Å². The molecule has 1 aromatic heterocycles. The Morgan fingerprint density at radius 1 is 1.29 bits per heavy atom. The van der Waals surface area contributed by atoms with Crippen molar-refractivity contribution in [2.45, 2.75) is 33.1 Å². The maximum atomic E-state index is 11.8. The van der Waals surface area contributed by atoms with Crippen molar-refractivity contribution in [2.75, 3.05) is 13.2 Å². The van der Waals surface area contributed by atoms with E-state index in [0.29, 0.717) is 28.9 Å². The van der Waals surface area contributed by atoms with E-state index >= 15 is 0 Å². The molecule has 1 amide bonds. The lowest BCUT2D eigenvalue weighted by Crippen LogP contribution is -2.30. The van der Waals surface area contributed by atoms with Gasteiger partial charge in [-0.15, -0.1) is 0 Å². The number of carbonyl (C=O) groups excluding carboxylic acids is 2. The van der Waals surface area contributed by atoms with E-state index in [1.165, 1.54) is 22.4 Å². The fourth-order valence-electron chi connectivity index (χ4n) is 2.64. The van der Waals surface area contributed by atoms with Crippen LogP contribution in [0.5, 0.6) is 0 Å². The molecule has 7 heteroatoms. The predicted molar refractivity (Wildman–Crippen MR) is 110 cm³/mol. The molecule has 0 atom stereocenters. The van der Waals surface area contributed by atoms with Gasteiger partial charge in [0.05, 0.1) is 5.69 Å². The standard InChI is InChI=1S/C21H26ClN3O3/c1-14(2)17-7-5-16(6-8-17)11-12-23-19(26)13-28-20(27)10-9-18-15(3)24-25(4)21(18)22/h5-10,14H,11-13H2,1-4H3,(H,23,26)/b10-9+. The second-order valence-electron chi connectivity index (χ2n) is 6.85. The molecule has 6 nitrogen and oxygen atoms in total. The number of aromatic nitrogens is 2. The van der Waals surface area contributed by atoms with Crippen molar-refractivity contribution < 1.29 is 14.3 Å². The Balaban J connectivity index is 1.71. The Morgan fingerprint density at radius 3 is 2.54 bits per heavy atom. The molecule has 1 aromatic carbocycles. The monoisotopic (exact) mass is 403 g/mol. The molecule has 1 N–H and O–H groups in total. The molecule has 0 spiro atoms. The van der Waals surface area contributed by atoms with Gasteiger partial charge in [0.25, 0.3) is 5.91 Å². The molecule has 28 heavy (non-hydrogen) atoms. The smallest absolute Gasteiger partial charge is 0.331 e. The predicted octanol–water partition coefficient (Wildman–Crippen LogP) is 3.42. The summed E-state index contributed by atoms with van der Waals surface area (Å²) in [5.74, 6) is -0.453. The summed E-state index contributed by atoms with van der Waals surface area (Å²) in [5.41, 5.74) is 3.79. The summed E-state index contributed by atoms with van der Waals surface area (Å²) in [6.45, 7) is 6.25. The van der Waals surface area contributed by atoms with Crippen molar-refractivity contribution in [1.29, 1.82) is 0 Å². The first-order valence-electron chi connectivity index (χ1n) is 9.17. The highest BCUT2D eigenvalue weighted by molar-refractivity contribution is 6.31. The van der Waals surface area contributed by atoms with Crippen LogP contribution in [0, 0.1) is 6.92 Å². The lowest BCUT2D eigenvalue weighted by atomic mass is 10.0. The van der Waals surface area contributed by atoms with Crippen LogP contribution in [0.3, 0.4) is 0 Å². The summed E-state index contributed by atoms with van der Waals surface area (Å²) in [4.78, 5) is 23.6.